The highest BCUT2D eigenvalue weighted by Gasteiger charge is 2.30. The number of aliphatic hydroxyl groups is 1. The summed E-state index contributed by atoms with van der Waals surface area (Å²) < 4.78 is 49.2. The lowest BCUT2D eigenvalue weighted by atomic mass is 9.93. The lowest BCUT2D eigenvalue weighted by molar-refractivity contribution is -0.146. The van der Waals surface area contributed by atoms with Crippen LogP contribution in [0.5, 0.6) is 5.75 Å². The van der Waals surface area contributed by atoms with Crippen LogP contribution in [-0.2, 0) is 29.0 Å². The van der Waals surface area contributed by atoms with Crippen molar-refractivity contribution < 1.29 is 37.3 Å². The zero-order valence-corrected chi connectivity index (χ0v) is 21.9. The second-order valence-corrected chi connectivity index (χ2v) is 10.2. The number of hydrogen-bond donors (Lipinski definition) is 2. The largest absolute Gasteiger partial charge is 0.497 e. The molecule has 11 heteroatoms. The highest BCUT2D eigenvalue weighted by Crippen LogP contribution is 2.31. The smallest absolute Gasteiger partial charge is 0.286 e. The minimum atomic E-state index is -3.87. The summed E-state index contributed by atoms with van der Waals surface area (Å²) in [6.07, 6.45) is 1.45. The van der Waals surface area contributed by atoms with E-state index in [4.69, 9.17) is 18.9 Å². The Labute approximate surface area is 217 Å². The van der Waals surface area contributed by atoms with Gasteiger partial charge in [0.2, 0.25) is 16.3 Å². The lowest BCUT2D eigenvalue weighted by Gasteiger charge is -2.30. The third-order valence-corrected chi connectivity index (χ3v) is 7.70. The number of benzene rings is 2. The fraction of sp³-hybridized carbons (Fsp3) is 0.423. The number of nitrogens with one attached hydrogen (secondary N) is 1. The summed E-state index contributed by atoms with van der Waals surface area (Å²) in [5, 5.41) is 12.2. The fourth-order valence-electron chi connectivity index (χ4n) is 3.85. The van der Waals surface area contributed by atoms with Crippen LogP contribution in [0.25, 0.3) is 0 Å². The average molecular weight is 535 g/mol. The molecule has 1 heterocycles. The molecule has 1 amide bonds. The summed E-state index contributed by atoms with van der Waals surface area (Å²) in [6.45, 7) is 0.244. The van der Waals surface area contributed by atoms with Crippen LogP contribution in [-0.4, -0.2) is 83.7 Å². The Bertz CT molecular complexity index is 1120. The van der Waals surface area contributed by atoms with Gasteiger partial charge in [-0.15, -0.1) is 0 Å². The van der Waals surface area contributed by atoms with Gasteiger partial charge < -0.3 is 29.4 Å². The number of ether oxygens (including phenoxy) is 4. The third-order valence-electron chi connectivity index (χ3n) is 5.79. The fourth-order valence-corrected chi connectivity index (χ4v) is 5.27. The molecule has 0 radical (unpaired) electrons. The Balaban J connectivity index is 1.68. The molecule has 2 aromatic carbocycles. The first kappa shape index (κ1) is 28.6. The Morgan fingerprint density at radius 1 is 1.08 bits per heavy atom. The Hall–Kier alpha value is -2.96. The predicted molar refractivity (Wildman–Crippen MR) is 136 cm³/mol. The van der Waals surface area contributed by atoms with Crippen LogP contribution < -0.4 is 10.1 Å². The van der Waals surface area contributed by atoms with E-state index in [-0.39, 0.29) is 48.8 Å². The van der Waals surface area contributed by atoms with Crippen molar-refractivity contribution >= 4 is 15.9 Å². The monoisotopic (exact) mass is 534 g/mol. The molecule has 2 N–H and O–H groups in total. The highest BCUT2D eigenvalue weighted by atomic mass is 32.2. The van der Waals surface area contributed by atoms with Gasteiger partial charge in [0.05, 0.1) is 31.8 Å². The average Bonchev–Trinajstić information content (AvgIpc) is 2.93. The van der Waals surface area contributed by atoms with Crippen molar-refractivity contribution in [1.29, 1.82) is 0 Å². The minimum absolute atomic E-state index is 0.000134. The summed E-state index contributed by atoms with van der Waals surface area (Å²) in [5.74, 6) is 0.169. The molecule has 2 atom stereocenters. The summed E-state index contributed by atoms with van der Waals surface area (Å²) in [6, 6.07) is 15.7. The van der Waals surface area contributed by atoms with Gasteiger partial charge in [0, 0.05) is 39.1 Å². The maximum Gasteiger partial charge on any atom is 0.286 e. The molecule has 37 heavy (non-hydrogen) atoms. The SMILES string of the molecule is COCCNC(=O)C1=CC(c2ccccc2)CC(OCCN(CCO)S(=O)(=O)c2ccc(OC)cc2)O1. The van der Waals surface area contributed by atoms with Crippen molar-refractivity contribution in [1.82, 2.24) is 9.62 Å². The first-order valence-corrected chi connectivity index (χ1v) is 13.4. The Morgan fingerprint density at radius 2 is 1.81 bits per heavy atom. The molecule has 0 saturated heterocycles. The normalized spacial score (nSPS) is 17.7. The molecule has 2 aromatic rings. The van der Waals surface area contributed by atoms with Crippen molar-refractivity contribution in [3.63, 3.8) is 0 Å². The van der Waals surface area contributed by atoms with Crippen molar-refractivity contribution in [2.24, 2.45) is 0 Å². The maximum absolute atomic E-state index is 13.1. The number of carbonyl (C=O) groups is 1. The summed E-state index contributed by atoms with van der Waals surface area (Å²) in [5.41, 5.74) is 1.01. The molecular weight excluding hydrogens is 500 g/mol. The van der Waals surface area contributed by atoms with Gasteiger partial charge in [-0.2, -0.15) is 4.31 Å². The second-order valence-electron chi connectivity index (χ2n) is 8.25. The number of nitrogens with zero attached hydrogens (tertiary/aromatic N) is 1. The van der Waals surface area contributed by atoms with Gasteiger partial charge in [-0.05, 0) is 35.9 Å². The van der Waals surface area contributed by atoms with Gasteiger partial charge in [-0.3, -0.25) is 4.79 Å². The first-order valence-electron chi connectivity index (χ1n) is 12.0. The van der Waals surface area contributed by atoms with E-state index in [0.717, 1.165) is 9.87 Å². The van der Waals surface area contributed by atoms with E-state index >= 15 is 0 Å². The van der Waals surface area contributed by atoms with Gasteiger partial charge >= 0.3 is 0 Å². The van der Waals surface area contributed by atoms with Crippen LogP contribution in [0.3, 0.4) is 0 Å². The number of methoxy groups -OCH3 is 2. The maximum atomic E-state index is 13.1. The van der Waals surface area contributed by atoms with Crippen molar-refractivity contribution in [3.05, 3.63) is 72.0 Å². The van der Waals surface area contributed by atoms with E-state index < -0.39 is 16.3 Å². The molecular formula is C26H34N2O8S. The quantitative estimate of drug-likeness (QED) is 0.352. The lowest BCUT2D eigenvalue weighted by Crippen LogP contribution is -2.38. The number of amides is 1. The van der Waals surface area contributed by atoms with Crippen molar-refractivity contribution in [3.8, 4) is 5.75 Å². The molecule has 10 nitrogen and oxygen atoms in total. The van der Waals surface area contributed by atoms with Crippen molar-refractivity contribution in [2.45, 2.75) is 23.5 Å². The minimum Gasteiger partial charge on any atom is -0.497 e. The summed E-state index contributed by atoms with van der Waals surface area (Å²) >= 11 is 0. The molecule has 1 aliphatic rings. The third kappa shape index (κ3) is 8.01. The molecule has 0 bridgehead atoms. The van der Waals surface area contributed by atoms with Gasteiger partial charge in [0.1, 0.15) is 5.75 Å². The van der Waals surface area contributed by atoms with Gasteiger partial charge in [0.15, 0.2) is 5.76 Å². The molecule has 202 valence electrons. The van der Waals surface area contributed by atoms with Crippen LogP contribution in [0.2, 0.25) is 0 Å². The second kappa shape index (κ2) is 14.1. The highest BCUT2D eigenvalue weighted by molar-refractivity contribution is 7.89. The number of rotatable bonds is 14. The van der Waals surface area contributed by atoms with Gasteiger partial charge in [0.25, 0.3) is 5.91 Å². The van der Waals surface area contributed by atoms with Crippen LogP contribution in [0.4, 0.5) is 0 Å². The standard InChI is InChI=1S/C26H34N2O8S/c1-33-16-12-27-26(30)24-18-21(20-6-4-3-5-7-20)19-25(36-24)35-17-14-28(13-15-29)37(31,32)23-10-8-22(34-2)9-11-23/h3-11,18,21,25,29H,12-17,19H2,1-2H3,(H,27,30). The van der Waals surface area contributed by atoms with Crippen molar-refractivity contribution in [2.75, 3.05) is 53.7 Å². The van der Waals surface area contributed by atoms with E-state index in [9.17, 15) is 18.3 Å². The van der Waals surface area contributed by atoms with E-state index in [1.165, 1.54) is 19.2 Å². The molecule has 1 aliphatic heterocycles. The molecule has 0 spiro atoms. The predicted octanol–water partition coefficient (Wildman–Crippen LogP) is 1.87. The molecule has 3 rings (SSSR count). The number of carbonyl (C=O) groups excluding carboxylic acids is 1. The molecule has 0 saturated carbocycles. The number of sulfonamides is 1. The first-order chi connectivity index (χ1) is 17.9. The number of hydrogen-bond acceptors (Lipinski definition) is 8. The zero-order chi connectivity index (χ0) is 26.7. The number of allylic oxidation sites excluding steroid dienone is 1. The van der Waals surface area contributed by atoms with Crippen LogP contribution in [0.1, 0.15) is 17.9 Å². The summed E-state index contributed by atoms with van der Waals surface area (Å²) in [4.78, 5) is 12.7. The van der Waals surface area contributed by atoms with E-state index in [0.29, 0.717) is 25.3 Å². The van der Waals surface area contributed by atoms with Gasteiger partial charge in [-0.25, -0.2) is 8.42 Å². The number of aliphatic hydroxyl groups excluding tert-OH is 1. The Kier molecular flexibility index (Phi) is 10.9. The van der Waals surface area contributed by atoms with Crippen LogP contribution >= 0.6 is 0 Å². The van der Waals surface area contributed by atoms with Crippen LogP contribution in [0, 0.1) is 0 Å². The van der Waals surface area contributed by atoms with E-state index in [1.807, 2.05) is 30.3 Å². The summed E-state index contributed by atoms with van der Waals surface area (Å²) in [7, 11) is -0.826. The van der Waals surface area contributed by atoms with Gasteiger partial charge in [-0.1, -0.05) is 30.3 Å². The van der Waals surface area contributed by atoms with E-state index in [1.54, 1.807) is 25.3 Å². The molecule has 0 aromatic heterocycles. The topological polar surface area (TPSA) is 124 Å². The zero-order valence-electron chi connectivity index (χ0n) is 21.0. The van der Waals surface area contributed by atoms with Crippen LogP contribution in [0.15, 0.2) is 71.3 Å². The van der Waals surface area contributed by atoms with E-state index in [2.05, 4.69) is 5.32 Å². The molecule has 2 unspecified atom stereocenters. The Morgan fingerprint density at radius 3 is 2.46 bits per heavy atom. The molecule has 0 aliphatic carbocycles. The molecule has 0 fully saturated rings.